The molecule has 0 aliphatic rings. The van der Waals surface area contributed by atoms with Crippen LogP contribution in [0.15, 0.2) is 45.3 Å². The van der Waals surface area contributed by atoms with Crippen molar-refractivity contribution in [2.75, 3.05) is 0 Å². The van der Waals surface area contributed by atoms with Crippen LogP contribution in [0.25, 0.3) is 0 Å². The average molecular weight is 385 g/mol. The molecule has 0 aromatic heterocycles. The van der Waals surface area contributed by atoms with E-state index in [9.17, 15) is 0 Å². The van der Waals surface area contributed by atoms with Crippen LogP contribution in [0, 0.1) is 6.92 Å². The van der Waals surface area contributed by atoms with Crippen LogP contribution in [0.4, 0.5) is 0 Å². The number of benzene rings is 2. The van der Waals surface area contributed by atoms with Gasteiger partial charge in [-0.2, -0.15) is 0 Å². The van der Waals surface area contributed by atoms with Crippen molar-refractivity contribution >= 4 is 31.9 Å². The molecule has 0 aliphatic carbocycles. The summed E-state index contributed by atoms with van der Waals surface area (Å²) in [6, 6.07) is 11.7. The summed E-state index contributed by atoms with van der Waals surface area (Å²) in [4.78, 5) is 0. The number of hydrogen-bond acceptors (Lipinski definition) is 2. The molecule has 0 heterocycles. The van der Waals surface area contributed by atoms with E-state index < -0.39 is 0 Å². The maximum atomic E-state index is 5.98. The van der Waals surface area contributed by atoms with Gasteiger partial charge >= 0.3 is 0 Å². The highest BCUT2D eigenvalue weighted by atomic mass is 79.9. The second-order valence-electron chi connectivity index (χ2n) is 4.48. The van der Waals surface area contributed by atoms with E-state index >= 15 is 0 Å². The Balaban J connectivity index is 2.35. The summed E-state index contributed by atoms with van der Waals surface area (Å²) in [6.45, 7) is 3.98. The lowest BCUT2D eigenvalue weighted by molar-refractivity contribution is 0.471. The van der Waals surface area contributed by atoms with Gasteiger partial charge in [-0.1, -0.05) is 31.9 Å². The minimum absolute atomic E-state index is 0.0796. The van der Waals surface area contributed by atoms with Crippen LogP contribution in [-0.4, -0.2) is 0 Å². The van der Waals surface area contributed by atoms with Crippen LogP contribution in [0.5, 0.6) is 11.5 Å². The summed E-state index contributed by atoms with van der Waals surface area (Å²) in [7, 11) is 0. The van der Waals surface area contributed by atoms with Crippen LogP contribution in [-0.2, 0) is 0 Å². The van der Waals surface area contributed by atoms with Gasteiger partial charge in [0.05, 0.1) is 0 Å². The first kappa shape index (κ1) is 14.6. The van der Waals surface area contributed by atoms with E-state index in [2.05, 4.69) is 31.9 Å². The van der Waals surface area contributed by atoms with E-state index in [1.807, 2.05) is 50.2 Å². The van der Waals surface area contributed by atoms with Crippen molar-refractivity contribution in [2.24, 2.45) is 5.73 Å². The van der Waals surface area contributed by atoms with Crippen molar-refractivity contribution in [3.8, 4) is 11.5 Å². The maximum absolute atomic E-state index is 5.98. The molecule has 1 unspecified atom stereocenters. The van der Waals surface area contributed by atoms with E-state index in [4.69, 9.17) is 10.5 Å². The highest BCUT2D eigenvalue weighted by Gasteiger charge is 2.10. The van der Waals surface area contributed by atoms with E-state index in [-0.39, 0.29) is 6.04 Å². The minimum atomic E-state index is -0.0796. The number of halogens is 2. The SMILES string of the molecule is Cc1cc(Oc2ccc(Br)cc2C(C)N)ccc1Br. The Labute approximate surface area is 130 Å². The molecule has 0 radical (unpaired) electrons. The highest BCUT2D eigenvalue weighted by Crippen LogP contribution is 2.32. The zero-order chi connectivity index (χ0) is 14.0. The molecule has 0 bridgehead atoms. The Kier molecular flexibility index (Phi) is 4.66. The molecule has 4 heteroatoms. The fourth-order valence-electron chi connectivity index (χ4n) is 1.78. The maximum Gasteiger partial charge on any atom is 0.132 e. The second kappa shape index (κ2) is 6.07. The van der Waals surface area contributed by atoms with Gasteiger partial charge in [-0.15, -0.1) is 0 Å². The third-order valence-electron chi connectivity index (χ3n) is 2.82. The number of ether oxygens (including phenoxy) is 1. The van der Waals surface area contributed by atoms with Gasteiger partial charge < -0.3 is 10.5 Å². The van der Waals surface area contributed by atoms with E-state index in [0.29, 0.717) is 0 Å². The van der Waals surface area contributed by atoms with Gasteiger partial charge in [0.25, 0.3) is 0 Å². The summed E-state index contributed by atoms with van der Waals surface area (Å²) in [5.41, 5.74) is 8.10. The predicted molar refractivity (Wildman–Crippen MR) is 85.7 cm³/mol. The average Bonchev–Trinajstić information content (AvgIpc) is 2.36. The third kappa shape index (κ3) is 3.59. The van der Waals surface area contributed by atoms with E-state index in [0.717, 1.165) is 31.6 Å². The Bertz CT molecular complexity index is 597. The van der Waals surface area contributed by atoms with Crippen LogP contribution in [0.2, 0.25) is 0 Å². The normalized spacial score (nSPS) is 12.3. The van der Waals surface area contributed by atoms with Crippen LogP contribution >= 0.6 is 31.9 Å². The standard InChI is InChI=1S/C15H15Br2NO/c1-9-7-12(4-5-14(9)17)19-15-6-3-11(16)8-13(15)10(2)18/h3-8,10H,18H2,1-2H3. The third-order valence-corrected chi connectivity index (χ3v) is 4.20. The first-order chi connectivity index (χ1) is 8.97. The predicted octanol–water partition coefficient (Wildman–Crippen LogP) is 5.33. The van der Waals surface area contributed by atoms with Crippen molar-refractivity contribution in [2.45, 2.75) is 19.9 Å². The van der Waals surface area contributed by atoms with Gasteiger partial charge in [0.2, 0.25) is 0 Å². The van der Waals surface area contributed by atoms with E-state index in [1.165, 1.54) is 0 Å². The monoisotopic (exact) mass is 383 g/mol. The molecule has 1 atom stereocenters. The zero-order valence-corrected chi connectivity index (χ0v) is 14.0. The topological polar surface area (TPSA) is 35.2 Å². The molecule has 2 aromatic rings. The van der Waals surface area contributed by atoms with Crippen molar-refractivity contribution < 1.29 is 4.74 Å². The molecular weight excluding hydrogens is 370 g/mol. The van der Waals surface area contributed by atoms with Crippen LogP contribution in [0.3, 0.4) is 0 Å². The summed E-state index contributed by atoms with van der Waals surface area (Å²) < 4.78 is 8.01. The zero-order valence-electron chi connectivity index (χ0n) is 10.8. The van der Waals surface area contributed by atoms with Crippen molar-refractivity contribution in [1.82, 2.24) is 0 Å². The van der Waals surface area contributed by atoms with Gasteiger partial charge in [0.1, 0.15) is 11.5 Å². The molecule has 0 amide bonds. The van der Waals surface area contributed by atoms with Crippen molar-refractivity contribution in [3.63, 3.8) is 0 Å². The van der Waals surface area contributed by atoms with Crippen LogP contribution < -0.4 is 10.5 Å². The molecule has 2 N–H and O–H groups in total. The lowest BCUT2D eigenvalue weighted by Crippen LogP contribution is -2.06. The van der Waals surface area contributed by atoms with Gasteiger partial charge in [-0.3, -0.25) is 0 Å². The molecule has 0 spiro atoms. The Morgan fingerprint density at radius 2 is 1.84 bits per heavy atom. The summed E-state index contributed by atoms with van der Waals surface area (Å²) in [5, 5.41) is 0. The second-order valence-corrected chi connectivity index (χ2v) is 6.25. The molecule has 2 nitrogen and oxygen atoms in total. The quantitative estimate of drug-likeness (QED) is 0.775. The Morgan fingerprint density at radius 3 is 2.47 bits per heavy atom. The summed E-state index contributed by atoms with van der Waals surface area (Å²) in [6.07, 6.45) is 0. The summed E-state index contributed by atoms with van der Waals surface area (Å²) >= 11 is 6.93. The molecule has 2 rings (SSSR count). The fourth-order valence-corrected chi connectivity index (χ4v) is 2.40. The molecular formula is C15H15Br2NO. The summed E-state index contributed by atoms with van der Waals surface area (Å²) in [5.74, 6) is 1.60. The lowest BCUT2D eigenvalue weighted by Gasteiger charge is -2.14. The molecule has 2 aromatic carbocycles. The molecule has 0 saturated carbocycles. The Morgan fingerprint density at radius 1 is 1.11 bits per heavy atom. The molecule has 0 fully saturated rings. The fraction of sp³-hybridized carbons (Fsp3) is 0.200. The molecule has 0 aliphatic heterocycles. The van der Waals surface area contributed by atoms with Gasteiger partial charge in [-0.25, -0.2) is 0 Å². The molecule has 100 valence electrons. The Hall–Kier alpha value is -0.840. The molecule has 19 heavy (non-hydrogen) atoms. The first-order valence-corrected chi connectivity index (χ1v) is 7.55. The number of nitrogens with two attached hydrogens (primary N) is 1. The number of rotatable bonds is 3. The number of hydrogen-bond donors (Lipinski definition) is 1. The number of aryl methyl sites for hydroxylation is 1. The first-order valence-electron chi connectivity index (χ1n) is 5.96. The van der Waals surface area contributed by atoms with E-state index in [1.54, 1.807) is 0 Å². The van der Waals surface area contributed by atoms with Gasteiger partial charge in [-0.05, 0) is 55.8 Å². The minimum Gasteiger partial charge on any atom is -0.457 e. The van der Waals surface area contributed by atoms with Crippen molar-refractivity contribution in [1.29, 1.82) is 0 Å². The largest absolute Gasteiger partial charge is 0.457 e. The molecule has 0 saturated heterocycles. The lowest BCUT2D eigenvalue weighted by atomic mass is 10.1. The van der Waals surface area contributed by atoms with Crippen molar-refractivity contribution in [3.05, 3.63) is 56.5 Å². The van der Waals surface area contributed by atoms with Gasteiger partial charge in [0.15, 0.2) is 0 Å². The highest BCUT2D eigenvalue weighted by molar-refractivity contribution is 9.10. The van der Waals surface area contributed by atoms with Crippen LogP contribution in [0.1, 0.15) is 24.1 Å². The van der Waals surface area contributed by atoms with Gasteiger partial charge in [0, 0.05) is 20.6 Å². The smallest absolute Gasteiger partial charge is 0.132 e.